The summed E-state index contributed by atoms with van der Waals surface area (Å²) < 4.78 is 0. The zero-order valence-electron chi connectivity index (χ0n) is 10.1. The number of rotatable bonds is 2. The van der Waals surface area contributed by atoms with Crippen LogP contribution in [-0.2, 0) is 11.2 Å². The highest BCUT2D eigenvalue weighted by Crippen LogP contribution is 2.39. The molecule has 0 saturated carbocycles. The molecule has 1 atom stereocenters. The molecule has 20 heavy (non-hydrogen) atoms. The van der Waals surface area contributed by atoms with Gasteiger partial charge in [-0.25, -0.2) is 4.79 Å². The van der Waals surface area contributed by atoms with Gasteiger partial charge >= 0.3 is 5.97 Å². The quantitative estimate of drug-likeness (QED) is 0.917. The van der Waals surface area contributed by atoms with Gasteiger partial charge in [0.05, 0.1) is 5.69 Å². The molecule has 1 unspecified atom stereocenters. The van der Waals surface area contributed by atoms with Crippen molar-refractivity contribution in [2.24, 2.45) is 0 Å². The first-order valence-corrected chi connectivity index (χ1v) is 7.46. The first-order chi connectivity index (χ1) is 9.58. The predicted molar refractivity (Wildman–Crippen MR) is 77.8 cm³/mol. The van der Waals surface area contributed by atoms with E-state index in [9.17, 15) is 9.90 Å². The molecule has 2 aromatic heterocycles. The summed E-state index contributed by atoms with van der Waals surface area (Å²) in [7, 11) is 0. The summed E-state index contributed by atoms with van der Waals surface area (Å²) in [6.45, 7) is 0.548. The summed E-state index contributed by atoms with van der Waals surface area (Å²) in [4.78, 5) is 14.4. The minimum atomic E-state index is -0.923. The molecule has 0 amide bonds. The van der Waals surface area contributed by atoms with Crippen molar-refractivity contribution in [1.82, 2.24) is 10.2 Å². The number of thiophene rings is 1. The predicted octanol–water partition coefficient (Wildman–Crippen LogP) is 3.03. The second-order valence-corrected chi connectivity index (χ2v) is 6.07. The third-order valence-corrected chi connectivity index (χ3v) is 4.66. The Hall–Kier alpha value is -1.37. The monoisotopic (exact) mass is 329 g/mol. The Balaban J connectivity index is 2.09. The Morgan fingerprint density at radius 2 is 2.25 bits per heavy atom. The summed E-state index contributed by atoms with van der Waals surface area (Å²) >= 11 is 13.4. The van der Waals surface area contributed by atoms with Gasteiger partial charge in [0.25, 0.3) is 0 Å². The summed E-state index contributed by atoms with van der Waals surface area (Å²) in [5.74, 6) is -0.923. The zero-order valence-corrected chi connectivity index (χ0v) is 12.4. The van der Waals surface area contributed by atoms with Crippen molar-refractivity contribution in [2.45, 2.75) is 12.5 Å². The minimum absolute atomic E-state index is 0.152. The molecule has 0 aliphatic carbocycles. The van der Waals surface area contributed by atoms with Crippen molar-refractivity contribution in [3.8, 4) is 0 Å². The van der Waals surface area contributed by atoms with Crippen LogP contribution in [0, 0.1) is 0 Å². The lowest BCUT2D eigenvalue weighted by atomic mass is 9.99. The van der Waals surface area contributed by atoms with E-state index in [4.69, 9.17) is 23.2 Å². The lowest BCUT2D eigenvalue weighted by molar-refractivity contribution is -0.138. The molecule has 8 heteroatoms. The van der Waals surface area contributed by atoms with Crippen molar-refractivity contribution >= 4 is 46.2 Å². The topological polar surface area (TPSA) is 66.3 Å². The van der Waals surface area contributed by atoms with E-state index in [1.165, 1.54) is 0 Å². The van der Waals surface area contributed by atoms with Gasteiger partial charge in [0, 0.05) is 17.5 Å². The van der Waals surface area contributed by atoms with E-state index in [0.29, 0.717) is 12.2 Å². The fraction of sp³-hybridized carbons (Fsp3) is 0.250. The SMILES string of the molecule is O=C(O)C1c2ccsc2CCN1c1cc(Cl)nnc1Cl. The van der Waals surface area contributed by atoms with Crippen molar-refractivity contribution in [2.75, 3.05) is 11.4 Å². The van der Waals surface area contributed by atoms with Crippen molar-refractivity contribution in [3.63, 3.8) is 0 Å². The van der Waals surface area contributed by atoms with Crippen LogP contribution in [0.4, 0.5) is 5.69 Å². The minimum Gasteiger partial charge on any atom is -0.479 e. The van der Waals surface area contributed by atoms with Crippen LogP contribution in [0.15, 0.2) is 17.5 Å². The van der Waals surface area contributed by atoms with Gasteiger partial charge in [-0.05, 0) is 23.4 Å². The van der Waals surface area contributed by atoms with E-state index < -0.39 is 12.0 Å². The van der Waals surface area contributed by atoms with Gasteiger partial charge in [0.15, 0.2) is 16.3 Å². The van der Waals surface area contributed by atoms with Crippen LogP contribution in [0.5, 0.6) is 0 Å². The number of anilines is 1. The molecular weight excluding hydrogens is 321 g/mol. The molecule has 5 nitrogen and oxygen atoms in total. The van der Waals surface area contributed by atoms with Gasteiger partial charge in [-0.2, -0.15) is 0 Å². The highest BCUT2D eigenvalue weighted by atomic mass is 35.5. The number of aromatic nitrogens is 2. The maximum atomic E-state index is 11.6. The summed E-state index contributed by atoms with van der Waals surface area (Å²) in [5, 5.41) is 19.2. The van der Waals surface area contributed by atoms with Crippen LogP contribution >= 0.6 is 34.5 Å². The van der Waals surface area contributed by atoms with E-state index in [1.54, 1.807) is 22.3 Å². The zero-order chi connectivity index (χ0) is 14.3. The molecule has 104 valence electrons. The largest absolute Gasteiger partial charge is 0.479 e. The molecule has 1 aliphatic rings. The Kier molecular flexibility index (Phi) is 3.54. The highest BCUT2D eigenvalue weighted by Gasteiger charge is 2.35. The molecule has 0 aromatic carbocycles. The number of aliphatic carboxylic acids is 1. The molecule has 3 heterocycles. The Morgan fingerprint density at radius 3 is 3.00 bits per heavy atom. The van der Waals surface area contributed by atoms with Crippen LogP contribution in [0.2, 0.25) is 10.3 Å². The molecule has 2 aromatic rings. The van der Waals surface area contributed by atoms with Crippen LogP contribution in [0.3, 0.4) is 0 Å². The van der Waals surface area contributed by atoms with Gasteiger partial charge < -0.3 is 10.0 Å². The average Bonchev–Trinajstić information content (AvgIpc) is 2.88. The van der Waals surface area contributed by atoms with Crippen molar-refractivity contribution in [1.29, 1.82) is 0 Å². The first-order valence-electron chi connectivity index (χ1n) is 5.82. The Labute approximate surface area is 128 Å². The van der Waals surface area contributed by atoms with E-state index >= 15 is 0 Å². The van der Waals surface area contributed by atoms with Gasteiger partial charge in [-0.3, -0.25) is 0 Å². The first kappa shape index (κ1) is 13.6. The number of carboxylic acid groups (broad SMARTS) is 1. The van der Waals surface area contributed by atoms with Crippen LogP contribution in [0.25, 0.3) is 0 Å². The maximum absolute atomic E-state index is 11.6. The highest BCUT2D eigenvalue weighted by molar-refractivity contribution is 7.10. The fourth-order valence-corrected chi connectivity index (χ4v) is 3.63. The molecule has 0 saturated heterocycles. The van der Waals surface area contributed by atoms with E-state index in [1.807, 2.05) is 11.4 Å². The average molecular weight is 330 g/mol. The third-order valence-electron chi connectivity index (χ3n) is 3.21. The normalized spacial score (nSPS) is 17.9. The number of fused-ring (bicyclic) bond motifs is 1. The lowest BCUT2D eigenvalue weighted by Crippen LogP contribution is -2.39. The third kappa shape index (κ3) is 2.24. The molecule has 0 radical (unpaired) electrons. The van der Waals surface area contributed by atoms with Gasteiger partial charge in [-0.15, -0.1) is 21.5 Å². The van der Waals surface area contributed by atoms with Crippen molar-refractivity contribution < 1.29 is 9.90 Å². The summed E-state index contributed by atoms with van der Waals surface area (Å²) in [6.07, 6.45) is 0.771. The van der Waals surface area contributed by atoms with E-state index in [0.717, 1.165) is 16.9 Å². The fourth-order valence-electron chi connectivity index (χ4n) is 2.39. The smallest absolute Gasteiger partial charge is 0.331 e. The molecule has 0 bridgehead atoms. The second-order valence-electron chi connectivity index (χ2n) is 4.33. The maximum Gasteiger partial charge on any atom is 0.331 e. The van der Waals surface area contributed by atoms with E-state index in [2.05, 4.69) is 10.2 Å². The van der Waals surface area contributed by atoms with Crippen LogP contribution in [0.1, 0.15) is 16.5 Å². The Bertz CT molecular complexity index is 676. The van der Waals surface area contributed by atoms with Gasteiger partial charge in [-0.1, -0.05) is 23.2 Å². The number of nitrogens with zero attached hydrogens (tertiary/aromatic N) is 3. The number of halogens is 2. The van der Waals surface area contributed by atoms with Crippen LogP contribution < -0.4 is 4.90 Å². The van der Waals surface area contributed by atoms with Gasteiger partial charge in [0.1, 0.15) is 0 Å². The number of hydrogen-bond acceptors (Lipinski definition) is 5. The number of carboxylic acids is 1. The van der Waals surface area contributed by atoms with Crippen LogP contribution in [-0.4, -0.2) is 27.8 Å². The summed E-state index contributed by atoms with van der Waals surface area (Å²) in [5.41, 5.74) is 1.30. The van der Waals surface area contributed by atoms with Crippen molar-refractivity contribution in [3.05, 3.63) is 38.3 Å². The molecular formula is C12H9Cl2N3O2S. The molecule has 1 N–H and O–H groups in total. The molecule has 0 fully saturated rings. The number of carbonyl (C=O) groups is 1. The summed E-state index contributed by atoms with van der Waals surface area (Å²) in [6, 6.07) is 2.61. The van der Waals surface area contributed by atoms with Gasteiger partial charge in [0.2, 0.25) is 0 Å². The molecule has 3 rings (SSSR count). The lowest BCUT2D eigenvalue weighted by Gasteiger charge is -2.35. The number of hydrogen-bond donors (Lipinski definition) is 1. The molecule has 1 aliphatic heterocycles. The van der Waals surface area contributed by atoms with E-state index in [-0.39, 0.29) is 10.3 Å². The second kappa shape index (κ2) is 5.20. The Morgan fingerprint density at radius 1 is 1.45 bits per heavy atom. The molecule has 0 spiro atoms. The standard InChI is InChI=1S/C12H9Cl2N3O2S/c13-9-5-7(11(14)16-15-9)17-3-1-8-6(2-4-20-8)10(17)12(18)19/h2,4-5,10H,1,3H2,(H,18,19).